The van der Waals surface area contributed by atoms with Gasteiger partial charge in [-0.3, -0.25) is 10.1 Å². The van der Waals surface area contributed by atoms with Crippen molar-refractivity contribution < 1.29 is 14.6 Å². The maximum absolute atomic E-state index is 10.7. The molecule has 0 amide bonds. The number of nitro groups is 1. The first kappa shape index (κ1) is 14.7. The summed E-state index contributed by atoms with van der Waals surface area (Å²) in [6, 6.07) is 14.7. The Balaban J connectivity index is 2.42. The molecule has 0 bridgehead atoms. The minimum atomic E-state index is -1.06. The molecule has 0 spiro atoms. The number of carbonyl (C=O) groups excluding carboxylic acids is 1. The second-order valence-corrected chi connectivity index (χ2v) is 4.25. The van der Waals surface area contributed by atoms with E-state index < -0.39 is 10.4 Å². The van der Waals surface area contributed by atoms with Gasteiger partial charge in [-0.1, -0.05) is 35.5 Å². The van der Waals surface area contributed by atoms with Crippen LogP contribution in [0.15, 0.2) is 59.8 Å². The third kappa shape index (κ3) is 3.87. The molecule has 0 saturated carbocycles. The normalized spacial score (nSPS) is 11.0. The largest absolute Gasteiger partial charge is 0.429 e. The summed E-state index contributed by atoms with van der Waals surface area (Å²) in [4.78, 5) is 25.3. The van der Waals surface area contributed by atoms with Crippen LogP contribution in [0.5, 0.6) is 0 Å². The number of nitrogens with zero attached hydrogens (tertiary/aromatic N) is 2. The lowest BCUT2D eigenvalue weighted by Crippen LogP contribution is -2.05. The summed E-state index contributed by atoms with van der Waals surface area (Å²) >= 11 is 5.11. The summed E-state index contributed by atoms with van der Waals surface area (Å²) in [5, 5.41) is 14.4. The smallest absolute Gasteiger partial charge is 0.302 e. The van der Waals surface area contributed by atoms with Crippen LogP contribution in [-0.4, -0.2) is 16.1 Å². The van der Waals surface area contributed by atoms with Gasteiger partial charge in [0, 0.05) is 34.9 Å². The fourth-order valence-electron chi connectivity index (χ4n) is 1.69. The van der Waals surface area contributed by atoms with Crippen molar-refractivity contribution in [2.24, 2.45) is 5.16 Å². The van der Waals surface area contributed by atoms with Crippen LogP contribution < -0.4 is 0 Å². The Morgan fingerprint density at radius 2 is 1.62 bits per heavy atom. The minimum Gasteiger partial charge on any atom is -0.302 e. The number of carbonyl (C=O) groups is 1. The third-order valence-electron chi connectivity index (χ3n) is 2.61. The molecule has 0 heterocycles. The molecule has 0 unspecified atom stereocenters. The lowest BCUT2D eigenvalue weighted by Gasteiger charge is -2.05. The molecule has 2 aromatic carbocycles. The van der Waals surface area contributed by atoms with Gasteiger partial charge in [0.25, 0.3) is 5.69 Å². The highest BCUT2D eigenvalue weighted by molar-refractivity contribution is 6.61. The highest BCUT2D eigenvalue weighted by atomic mass is 35.5. The Labute approximate surface area is 124 Å². The van der Waals surface area contributed by atoms with E-state index in [1.54, 1.807) is 24.3 Å². The molecule has 0 N–H and O–H groups in total. The predicted molar refractivity (Wildman–Crippen MR) is 77.5 cm³/mol. The molecule has 2 aromatic rings. The fourth-order valence-corrected chi connectivity index (χ4v) is 1.73. The first-order valence-corrected chi connectivity index (χ1v) is 6.20. The molecule has 0 saturated heterocycles. The van der Waals surface area contributed by atoms with E-state index in [1.807, 2.05) is 6.07 Å². The van der Waals surface area contributed by atoms with E-state index in [9.17, 15) is 14.9 Å². The number of hydrogen-bond donors (Lipinski definition) is 0. The van der Waals surface area contributed by atoms with E-state index in [0.29, 0.717) is 16.8 Å². The molecule has 106 valence electrons. The van der Waals surface area contributed by atoms with Crippen molar-refractivity contribution >= 4 is 28.4 Å². The Hall–Kier alpha value is -2.73. The first-order chi connectivity index (χ1) is 10.1. The van der Waals surface area contributed by atoms with Gasteiger partial charge in [0.1, 0.15) is 5.71 Å². The summed E-state index contributed by atoms with van der Waals surface area (Å²) in [6.45, 7) is 0. The summed E-state index contributed by atoms with van der Waals surface area (Å²) < 4.78 is 0. The van der Waals surface area contributed by atoms with Crippen LogP contribution in [0.2, 0.25) is 0 Å². The molecule has 0 fully saturated rings. The quantitative estimate of drug-likeness (QED) is 0.283. The maximum atomic E-state index is 10.7. The zero-order valence-corrected chi connectivity index (χ0v) is 11.4. The molecular formula is C14H9ClN2O4. The van der Waals surface area contributed by atoms with E-state index >= 15 is 0 Å². The average Bonchev–Trinajstić information content (AvgIpc) is 2.49. The van der Waals surface area contributed by atoms with Crippen molar-refractivity contribution in [2.75, 3.05) is 0 Å². The topological polar surface area (TPSA) is 81.8 Å². The molecule has 2 rings (SSSR count). The van der Waals surface area contributed by atoms with Crippen LogP contribution in [0.4, 0.5) is 10.5 Å². The Bertz CT molecular complexity index is 684. The van der Waals surface area contributed by atoms with Crippen molar-refractivity contribution in [3.05, 3.63) is 75.8 Å². The molecule has 0 aromatic heterocycles. The van der Waals surface area contributed by atoms with Gasteiger partial charge in [-0.15, -0.1) is 0 Å². The molecule has 0 aliphatic rings. The van der Waals surface area contributed by atoms with Gasteiger partial charge in [-0.05, 0) is 12.1 Å². The average molecular weight is 305 g/mol. The van der Waals surface area contributed by atoms with Crippen LogP contribution in [-0.2, 0) is 4.84 Å². The fraction of sp³-hybridized carbons (Fsp3) is 0. The van der Waals surface area contributed by atoms with Gasteiger partial charge in [-0.25, -0.2) is 4.79 Å². The molecule has 0 aliphatic carbocycles. The maximum Gasteiger partial charge on any atom is 0.429 e. The monoisotopic (exact) mass is 304 g/mol. The van der Waals surface area contributed by atoms with E-state index in [2.05, 4.69) is 9.99 Å². The van der Waals surface area contributed by atoms with Crippen molar-refractivity contribution in [1.29, 1.82) is 0 Å². The molecule has 0 radical (unpaired) electrons. The standard InChI is InChI=1S/C14H9ClN2O4/c15-14(18)21-16-13(10-4-2-1-3-5-10)11-6-8-12(9-7-11)17(19)20/h1-9H/b16-13-. The first-order valence-electron chi connectivity index (χ1n) is 5.82. The van der Waals surface area contributed by atoms with Gasteiger partial charge < -0.3 is 4.84 Å². The predicted octanol–water partition coefficient (Wildman–Crippen LogP) is 3.72. The third-order valence-corrected chi connectivity index (χ3v) is 2.68. The van der Waals surface area contributed by atoms with Gasteiger partial charge in [0.2, 0.25) is 0 Å². The molecule has 0 aliphatic heterocycles. The summed E-state index contributed by atoms with van der Waals surface area (Å²) in [5.41, 5.74) is 0.485. The second kappa shape index (κ2) is 6.62. The Kier molecular flexibility index (Phi) is 4.63. The van der Waals surface area contributed by atoms with Crippen molar-refractivity contribution in [1.82, 2.24) is 0 Å². The van der Waals surface area contributed by atoms with Crippen molar-refractivity contribution in [2.45, 2.75) is 0 Å². The van der Waals surface area contributed by atoms with Crippen molar-refractivity contribution in [3.8, 4) is 0 Å². The number of hydrogen-bond acceptors (Lipinski definition) is 5. The highest BCUT2D eigenvalue weighted by Gasteiger charge is 2.11. The molecule has 21 heavy (non-hydrogen) atoms. The zero-order chi connectivity index (χ0) is 15.2. The molecule has 7 heteroatoms. The van der Waals surface area contributed by atoms with Crippen molar-refractivity contribution in [3.63, 3.8) is 0 Å². The SMILES string of the molecule is O=C(Cl)O/N=C(/c1ccccc1)c1ccc([N+](=O)[O-])cc1. The summed E-state index contributed by atoms with van der Waals surface area (Å²) in [6.07, 6.45) is 0. The lowest BCUT2D eigenvalue weighted by atomic mass is 10.0. The van der Waals surface area contributed by atoms with Crippen LogP contribution >= 0.6 is 11.6 Å². The molecular weight excluding hydrogens is 296 g/mol. The Morgan fingerprint density at radius 1 is 1.05 bits per heavy atom. The van der Waals surface area contributed by atoms with Crippen LogP contribution in [0.1, 0.15) is 11.1 Å². The van der Waals surface area contributed by atoms with Crippen LogP contribution in [0.25, 0.3) is 0 Å². The number of benzene rings is 2. The number of oxime groups is 1. The lowest BCUT2D eigenvalue weighted by molar-refractivity contribution is -0.384. The number of halogens is 1. The number of rotatable bonds is 4. The van der Waals surface area contributed by atoms with E-state index in [1.165, 1.54) is 24.3 Å². The highest BCUT2D eigenvalue weighted by Crippen LogP contribution is 2.16. The van der Waals surface area contributed by atoms with Gasteiger partial charge in [-0.2, -0.15) is 0 Å². The molecule has 0 atom stereocenters. The van der Waals surface area contributed by atoms with Crippen LogP contribution in [0.3, 0.4) is 0 Å². The van der Waals surface area contributed by atoms with Gasteiger partial charge in [0.05, 0.1) is 4.92 Å². The minimum absolute atomic E-state index is 0.0412. The second-order valence-electron chi connectivity index (χ2n) is 3.94. The van der Waals surface area contributed by atoms with Gasteiger partial charge >= 0.3 is 5.43 Å². The molecule has 6 nitrogen and oxygen atoms in total. The summed E-state index contributed by atoms with van der Waals surface area (Å²) in [7, 11) is 0. The van der Waals surface area contributed by atoms with Gasteiger partial charge in [0.15, 0.2) is 0 Å². The number of non-ortho nitro benzene ring substituents is 1. The van der Waals surface area contributed by atoms with E-state index in [0.717, 1.165) is 0 Å². The van der Waals surface area contributed by atoms with E-state index in [4.69, 9.17) is 11.6 Å². The zero-order valence-electron chi connectivity index (χ0n) is 10.6. The van der Waals surface area contributed by atoms with E-state index in [-0.39, 0.29) is 5.69 Å². The van der Waals surface area contributed by atoms with Crippen LogP contribution in [0, 0.1) is 10.1 Å². The number of nitro benzene ring substituents is 1. The Morgan fingerprint density at radius 3 is 2.14 bits per heavy atom. The summed E-state index contributed by atoms with van der Waals surface area (Å²) in [5.74, 6) is 0.